The number of rotatable bonds is 0. The summed E-state index contributed by atoms with van der Waals surface area (Å²) >= 11 is 0. The van der Waals surface area contributed by atoms with Gasteiger partial charge in [-0.25, -0.2) is 0 Å². The molecule has 1 N–H and O–H groups in total. The second-order valence-electron chi connectivity index (χ2n) is 2.23. The maximum absolute atomic E-state index is 8.28. The van der Waals surface area contributed by atoms with E-state index in [-0.39, 0.29) is 44.3 Å². The number of hydrogen-bond acceptors (Lipinski definition) is 2. The van der Waals surface area contributed by atoms with Gasteiger partial charge in [0.15, 0.2) is 0 Å². The van der Waals surface area contributed by atoms with Crippen LogP contribution in [0.4, 0.5) is 0 Å². The van der Waals surface area contributed by atoms with Crippen molar-refractivity contribution < 1.29 is 49.5 Å². The molecule has 5 heteroatoms. The van der Waals surface area contributed by atoms with Gasteiger partial charge in [0, 0.05) is 0 Å². The van der Waals surface area contributed by atoms with E-state index >= 15 is 0 Å². The fourth-order valence-electron chi connectivity index (χ4n) is 1.06. The molecule has 0 aromatic carbocycles. The van der Waals surface area contributed by atoms with E-state index < -0.39 is 0 Å². The molecule has 2 nitrogen and oxygen atoms in total. The predicted octanol–water partition coefficient (Wildman–Crippen LogP) is -4.21. The van der Waals surface area contributed by atoms with E-state index in [4.69, 9.17) is 5.21 Å². The Morgan fingerprint density at radius 3 is 1.73 bits per heavy atom. The molecule has 0 amide bonds. The van der Waals surface area contributed by atoms with Crippen molar-refractivity contribution in [2.45, 2.75) is 32.1 Å². The minimum Gasteiger partial charge on any atom is -1.00 e. The van der Waals surface area contributed by atoms with Gasteiger partial charge in [-0.3, -0.25) is 0 Å². The first-order valence-electron chi connectivity index (χ1n) is 3.13. The minimum atomic E-state index is 0. The van der Waals surface area contributed by atoms with Crippen LogP contribution in [0.15, 0.2) is 5.16 Å². The first kappa shape index (κ1) is 17.7. The van der Waals surface area contributed by atoms with Crippen LogP contribution >= 0.6 is 0 Å². The Morgan fingerprint density at radius 1 is 1.00 bits per heavy atom. The van der Waals surface area contributed by atoms with Crippen LogP contribution in [0, 0.1) is 0 Å². The molecule has 0 saturated heterocycles. The molecule has 1 saturated carbocycles. The first-order valence-corrected chi connectivity index (χ1v) is 3.13. The minimum absolute atomic E-state index is 0. The van der Waals surface area contributed by atoms with Gasteiger partial charge in [0.25, 0.3) is 0 Å². The molecule has 0 aromatic rings. The van der Waals surface area contributed by atoms with Gasteiger partial charge in [0.2, 0.25) is 0 Å². The molecule has 1 aliphatic rings. The SMILES string of the molecule is ON=C1CCCCC1.[Cl-].[Cl-].[Zn+2]. The fraction of sp³-hybridized carbons (Fsp3) is 0.833. The normalized spacial score (nSPS) is 15.1. The van der Waals surface area contributed by atoms with Crippen molar-refractivity contribution in [2.24, 2.45) is 5.16 Å². The Kier molecular flexibility index (Phi) is 17.2. The van der Waals surface area contributed by atoms with Crippen molar-refractivity contribution in [2.75, 3.05) is 0 Å². The maximum Gasteiger partial charge on any atom is 2.00 e. The molecule has 62 valence electrons. The van der Waals surface area contributed by atoms with Gasteiger partial charge < -0.3 is 30.0 Å². The van der Waals surface area contributed by atoms with Crippen LogP contribution < -0.4 is 24.8 Å². The summed E-state index contributed by atoms with van der Waals surface area (Å²) in [7, 11) is 0. The summed E-state index contributed by atoms with van der Waals surface area (Å²) < 4.78 is 0. The zero-order valence-electron chi connectivity index (χ0n) is 6.39. The van der Waals surface area contributed by atoms with Crippen molar-refractivity contribution in [1.82, 2.24) is 0 Å². The second kappa shape index (κ2) is 10.7. The average Bonchev–Trinajstić information content (AvgIpc) is 1.90. The zero-order valence-corrected chi connectivity index (χ0v) is 10.9. The van der Waals surface area contributed by atoms with Crippen LogP contribution in [0.25, 0.3) is 0 Å². The zero-order chi connectivity index (χ0) is 5.82. The van der Waals surface area contributed by atoms with Crippen LogP contribution in [-0.2, 0) is 19.5 Å². The first-order chi connectivity index (χ1) is 3.93. The third-order valence-corrected chi connectivity index (χ3v) is 1.57. The molecule has 0 heterocycles. The topological polar surface area (TPSA) is 32.6 Å². The van der Waals surface area contributed by atoms with Crippen LogP contribution in [0.5, 0.6) is 0 Å². The molecule has 0 radical (unpaired) electrons. The van der Waals surface area contributed by atoms with Crippen LogP contribution in [0.1, 0.15) is 32.1 Å². The summed E-state index contributed by atoms with van der Waals surface area (Å²) in [5.74, 6) is 0. The van der Waals surface area contributed by atoms with Crippen molar-refractivity contribution in [3.8, 4) is 0 Å². The largest absolute Gasteiger partial charge is 2.00 e. The van der Waals surface area contributed by atoms with Gasteiger partial charge in [0.1, 0.15) is 0 Å². The van der Waals surface area contributed by atoms with Crippen molar-refractivity contribution in [1.29, 1.82) is 0 Å². The Labute approximate surface area is 92.4 Å². The van der Waals surface area contributed by atoms with Crippen LogP contribution in [0.2, 0.25) is 0 Å². The Morgan fingerprint density at radius 2 is 1.45 bits per heavy atom. The van der Waals surface area contributed by atoms with Gasteiger partial charge in [-0.2, -0.15) is 0 Å². The molecule has 0 aromatic heterocycles. The van der Waals surface area contributed by atoms with Crippen molar-refractivity contribution in [3.63, 3.8) is 0 Å². The standard InChI is InChI=1S/C6H11NO.2ClH.Zn/c8-7-6-4-2-1-3-5-6;;;/h8H,1-5H2;2*1H;/q;;;+2/p-2. The predicted molar refractivity (Wildman–Crippen MR) is 32.3 cm³/mol. The Bertz CT molecular complexity index is 103. The van der Waals surface area contributed by atoms with E-state index in [1.54, 1.807) is 0 Å². The third kappa shape index (κ3) is 7.05. The molecule has 1 fully saturated rings. The summed E-state index contributed by atoms with van der Waals surface area (Å²) in [5, 5.41) is 11.4. The van der Waals surface area contributed by atoms with Crippen LogP contribution in [-0.4, -0.2) is 10.9 Å². The molecule has 0 aliphatic heterocycles. The molecule has 1 rings (SSSR count). The number of oxime groups is 1. The third-order valence-electron chi connectivity index (χ3n) is 1.57. The van der Waals surface area contributed by atoms with Crippen LogP contribution in [0.3, 0.4) is 0 Å². The molecular formula is C6H11Cl2NOZn. The van der Waals surface area contributed by atoms with Crippen molar-refractivity contribution in [3.05, 3.63) is 0 Å². The summed E-state index contributed by atoms with van der Waals surface area (Å²) in [4.78, 5) is 0. The van der Waals surface area contributed by atoms with Gasteiger partial charge >= 0.3 is 19.5 Å². The summed E-state index contributed by atoms with van der Waals surface area (Å²) in [6.07, 6.45) is 5.74. The molecule has 0 bridgehead atoms. The van der Waals surface area contributed by atoms with Crippen molar-refractivity contribution >= 4 is 5.71 Å². The quantitative estimate of drug-likeness (QED) is 0.264. The number of hydrogen-bond donors (Lipinski definition) is 1. The Balaban J connectivity index is -0.000000213. The van der Waals surface area contributed by atoms with E-state index in [1.165, 1.54) is 19.3 Å². The van der Waals surface area contributed by atoms with E-state index in [1.807, 2.05) is 0 Å². The maximum atomic E-state index is 8.28. The summed E-state index contributed by atoms with van der Waals surface area (Å²) in [5.41, 5.74) is 0.983. The number of nitrogens with zero attached hydrogens (tertiary/aromatic N) is 1. The molecule has 0 unspecified atom stereocenters. The second-order valence-corrected chi connectivity index (χ2v) is 2.23. The Hall–Kier alpha value is 0.673. The fourth-order valence-corrected chi connectivity index (χ4v) is 1.06. The molecule has 1 aliphatic carbocycles. The van der Waals surface area contributed by atoms with Gasteiger partial charge in [-0.05, 0) is 25.7 Å². The molecule has 0 spiro atoms. The molecule has 0 atom stereocenters. The summed E-state index contributed by atoms with van der Waals surface area (Å²) in [6.45, 7) is 0. The monoisotopic (exact) mass is 247 g/mol. The smallest absolute Gasteiger partial charge is 1.00 e. The van der Waals surface area contributed by atoms with E-state index in [2.05, 4.69) is 5.16 Å². The van der Waals surface area contributed by atoms with E-state index in [0.29, 0.717) is 0 Å². The molecular weight excluding hydrogens is 238 g/mol. The van der Waals surface area contributed by atoms with Gasteiger partial charge in [0.05, 0.1) is 5.71 Å². The van der Waals surface area contributed by atoms with Gasteiger partial charge in [-0.1, -0.05) is 11.6 Å². The van der Waals surface area contributed by atoms with E-state index in [9.17, 15) is 0 Å². The van der Waals surface area contributed by atoms with Gasteiger partial charge in [-0.15, -0.1) is 0 Å². The van der Waals surface area contributed by atoms with E-state index in [0.717, 1.165) is 18.6 Å². The molecule has 11 heavy (non-hydrogen) atoms. The average molecular weight is 249 g/mol. The summed E-state index contributed by atoms with van der Waals surface area (Å²) in [6, 6.07) is 0. The number of halogens is 2.